The van der Waals surface area contributed by atoms with Crippen LogP contribution in [-0.2, 0) is 11.2 Å². The lowest BCUT2D eigenvalue weighted by Crippen LogP contribution is -2.44. The van der Waals surface area contributed by atoms with Gasteiger partial charge in [-0.15, -0.1) is 0 Å². The van der Waals surface area contributed by atoms with Crippen LogP contribution in [0, 0.1) is 5.92 Å². The fourth-order valence-electron chi connectivity index (χ4n) is 2.88. The van der Waals surface area contributed by atoms with Crippen molar-refractivity contribution in [2.75, 3.05) is 19.6 Å². The number of aromatic nitrogens is 1. The molecule has 2 rings (SSSR count). The molecule has 4 nitrogen and oxygen atoms in total. The normalized spacial score (nSPS) is 18.7. The summed E-state index contributed by atoms with van der Waals surface area (Å²) in [5, 5.41) is 3.43. The summed E-state index contributed by atoms with van der Waals surface area (Å²) in [4.78, 5) is 18.8. The molecule has 1 unspecified atom stereocenters. The molecular weight excluding hydrogens is 262 g/mol. The number of carbonyl (C=O) groups is 1. The van der Waals surface area contributed by atoms with E-state index in [4.69, 9.17) is 0 Å². The molecule has 0 saturated carbocycles. The molecule has 1 aromatic rings. The second kappa shape index (κ2) is 8.13. The maximum atomic E-state index is 12.5. The number of nitrogens with one attached hydrogen (secondary N) is 1. The molecule has 0 aliphatic carbocycles. The number of carbonyl (C=O) groups excluding carboxylic acids is 1. The number of amides is 1. The predicted molar refractivity (Wildman–Crippen MR) is 85.0 cm³/mol. The van der Waals surface area contributed by atoms with E-state index in [0.29, 0.717) is 12.3 Å². The fraction of sp³-hybridized carbons (Fsp3) is 0.647. The molecule has 1 amide bonds. The Morgan fingerprint density at radius 3 is 2.95 bits per heavy atom. The smallest absolute Gasteiger partial charge is 0.223 e. The Kier molecular flexibility index (Phi) is 6.18. The largest absolute Gasteiger partial charge is 0.340 e. The van der Waals surface area contributed by atoms with Gasteiger partial charge in [0.05, 0.1) is 0 Å². The first kappa shape index (κ1) is 16.0. The fourth-order valence-corrected chi connectivity index (χ4v) is 2.88. The van der Waals surface area contributed by atoms with Crippen molar-refractivity contribution in [3.8, 4) is 0 Å². The summed E-state index contributed by atoms with van der Waals surface area (Å²) < 4.78 is 0. The Balaban J connectivity index is 1.86. The van der Waals surface area contributed by atoms with E-state index in [1.165, 1.54) is 12.8 Å². The summed E-state index contributed by atoms with van der Waals surface area (Å²) in [5.41, 5.74) is 0.994. The van der Waals surface area contributed by atoms with Crippen molar-refractivity contribution in [3.63, 3.8) is 0 Å². The number of hydrogen-bond acceptors (Lipinski definition) is 3. The van der Waals surface area contributed by atoms with Crippen molar-refractivity contribution in [3.05, 3.63) is 30.1 Å². The SMILES string of the molecule is CC(C)N(CC1CCCNC1)C(=O)CCc1ccccn1. The molecule has 0 aromatic carbocycles. The Labute approximate surface area is 127 Å². The number of piperidine rings is 1. The van der Waals surface area contributed by atoms with Crippen LogP contribution < -0.4 is 5.32 Å². The van der Waals surface area contributed by atoms with Gasteiger partial charge in [0, 0.05) is 30.9 Å². The van der Waals surface area contributed by atoms with E-state index in [2.05, 4.69) is 24.1 Å². The van der Waals surface area contributed by atoms with Gasteiger partial charge in [0.1, 0.15) is 0 Å². The minimum absolute atomic E-state index is 0.251. The van der Waals surface area contributed by atoms with Crippen molar-refractivity contribution in [1.82, 2.24) is 15.2 Å². The Morgan fingerprint density at radius 1 is 1.48 bits per heavy atom. The molecule has 4 heteroatoms. The first-order valence-corrected chi connectivity index (χ1v) is 8.07. The van der Waals surface area contributed by atoms with Crippen LogP contribution in [0.1, 0.15) is 38.8 Å². The van der Waals surface area contributed by atoms with Gasteiger partial charge < -0.3 is 10.2 Å². The predicted octanol–water partition coefficient (Wildman–Crippen LogP) is 2.25. The van der Waals surface area contributed by atoms with Crippen molar-refractivity contribution >= 4 is 5.91 Å². The van der Waals surface area contributed by atoms with E-state index >= 15 is 0 Å². The summed E-state index contributed by atoms with van der Waals surface area (Å²) in [5.74, 6) is 0.848. The molecular formula is C17H27N3O. The van der Waals surface area contributed by atoms with Crippen LogP contribution in [0.2, 0.25) is 0 Å². The van der Waals surface area contributed by atoms with Crippen LogP contribution in [0.4, 0.5) is 0 Å². The molecule has 0 radical (unpaired) electrons. The number of rotatable bonds is 6. The van der Waals surface area contributed by atoms with Crippen molar-refractivity contribution in [2.45, 2.75) is 45.6 Å². The summed E-state index contributed by atoms with van der Waals surface area (Å²) >= 11 is 0. The highest BCUT2D eigenvalue weighted by atomic mass is 16.2. The van der Waals surface area contributed by atoms with Crippen molar-refractivity contribution in [1.29, 1.82) is 0 Å². The molecule has 1 aliphatic rings. The maximum absolute atomic E-state index is 12.5. The number of nitrogens with zero attached hydrogens (tertiary/aromatic N) is 2. The number of pyridine rings is 1. The monoisotopic (exact) mass is 289 g/mol. The van der Waals surface area contributed by atoms with E-state index in [9.17, 15) is 4.79 Å². The minimum atomic E-state index is 0.251. The minimum Gasteiger partial charge on any atom is -0.340 e. The summed E-state index contributed by atoms with van der Waals surface area (Å²) in [6.07, 6.45) is 5.51. The zero-order valence-electron chi connectivity index (χ0n) is 13.2. The molecule has 0 bridgehead atoms. The zero-order valence-corrected chi connectivity index (χ0v) is 13.2. The molecule has 2 heterocycles. The summed E-state index contributed by atoms with van der Waals surface area (Å²) in [7, 11) is 0. The highest BCUT2D eigenvalue weighted by molar-refractivity contribution is 5.76. The molecule has 116 valence electrons. The second-order valence-corrected chi connectivity index (χ2v) is 6.17. The lowest BCUT2D eigenvalue weighted by molar-refractivity contribution is -0.133. The van der Waals surface area contributed by atoms with Crippen LogP contribution >= 0.6 is 0 Å². The van der Waals surface area contributed by atoms with Gasteiger partial charge in [-0.1, -0.05) is 6.07 Å². The van der Waals surface area contributed by atoms with Gasteiger partial charge in [0.2, 0.25) is 5.91 Å². The van der Waals surface area contributed by atoms with Gasteiger partial charge >= 0.3 is 0 Å². The Bertz CT molecular complexity index is 427. The maximum Gasteiger partial charge on any atom is 0.223 e. The van der Waals surface area contributed by atoms with Crippen molar-refractivity contribution in [2.24, 2.45) is 5.92 Å². The van der Waals surface area contributed by atoms with E-state index in [1.54, 1.807) is 6.20 Å². The van der Waals surface area contributed by atoms with Crippen LogP contribution in [0.25, 0.3) is 0 Å². The molecule has 1 fully saturated rings. The third-order valence-electron chi connectivity index (χ3n) is 4.12. The molecule has 1 atom stereocenters. The highest BCUT2D eigenvalue weighted by Gasteiger charge is 2.22. The molecule has 1 aromatic heterocycles. The molecule has 1 N–H and O–H groups in total. The number of aryl methyl sites for hydroxylation is 1. The highest BCUT2D eigenvalue weighted by Crippen LogP contribution is 2.15. The van der Waals surface area contributed by atoms with E-state index < -0.39 is 0 Å². The van der Waals surface area contributed by atoms with E-state index in [0.717, 1.165) is 31.7 Å². The van der Waals surface area contributed by atoms with Crippen molar-refractivity contribution < 1.29 is 4.79 Å². The molecule has 21 heavy (non-hydrogen) atoms. The van der Waals surface area contributed by atoms with Crippen LogP contribution in [0.15, 0.2) is 24.4 Å². The molecule has 1 saturated heterocycles. The zero-order chi connectivity index (χ0) is 15.1. The van der Waals surface area contributed by atoms with Gasteiger partial charge in [0.25, 0.3) is 0 Å². The van der Waals surface area contributed by atoms with Crippen LogP contribution in [0.3, 0.4) is 0 Å². The first-order chi connectivity index (χ1) is 10.2. The third kappa shape index (κ3) is 5.12. The third-order valence-corrected chi connectivity index (χ3v) is 4.12. The first-order valence-electron chi connectivity index (χ1n) is 8.07. The van der Waals surface area contributed by atoms with Crippen LogP contribution in [-0.4, -0.2) is 41.5 Å². The lowest BCUT2D eigenvalue weighted by atomic mass is 9.98. The Morgan fingerprint density at radius 2 is 2.33 bits per heavy atom. The quantitative estimate of drug-likeness (QED) is 0.873. The van der Waals surface area contributed by atoms with E-state index in [1.807, 2.05) is 23.1 Å². The number of hydrogen-bond donors (Lipinski definition) is 1. The summed E-state index contributed by atoms with van der Waals surface area (Å²) in [6, 6.07) is 6.13. The Hall–Kier alpha value is -1.42. The second-order valence-electron chi connectivity index (χ2n) is 6.17. The summed E-state index contributed by atoms with van der Waals surface area (Å²) in [6.45, 7) is 7.25. The standard InChI is InChI=1S/C17H27N3O/c1-14(2)20(13-15-6-5-10-18-12-15)17(21)9-8-16-7-3-4-11-19-16/h3-4,7,11,14-15,18H,5-6,8-10,12-13H2,1-2H3. The average molecular weight is 289 g/mol. The topological polar surface area (TPSA) is 45.2 Å². The van der Waals surface area contributed by atoms with Gasteiger partial charge in [-0.25, -0.2) is 0 Å². The van der Waals surface area contributed by atoms with Gasteiger partial charge in [-0.3, -0.25) is 9.78 Å². The lowest BCUT2D eigenvalue weighted by Gasteiger charge is -2.33. The van der Waals surface area contributed by atoms with Gasteiger partial charge in [-0.05, 0) is 64.3 Å². The molecule has 0 spiro atoms. The molecule has 1 aliphatic heterocycles. The van der Waals surface area contributed by atoms with E-state index in [-0.39, 0.29) is 11.9 Å². The van der Waals surface area contributed by atoms with Crippen LogP contribution in [0.5, 0.6) is 0 Å². The van der Waals surface area contributed by atoms with Gasteiger partial charge in [-0.2, -0.15) is 0 Å². The van der Waals surface area contributed by atoms with Gasteiger partial charge in [0.15, 0.2) is 0 Å². The average Bonchev–Trinajstić information content (AvgIpc) is 2.52.